The third-order valence-electron chi connectivity index (χ3n) is 3.19. The second-order valence-corrected chi connectivity index (χ2v) is 7.85. The molecule has 1 amide bonds. The molecule has 10 heteroatoms. The Morgan fingerprint density at radius 1 is 1.29 bits per heavy atom. The van der Waals surface area contributed by atoms with Crippen LogP contribution >= 0.6 is 23.2 Å². The summed E-state index contributed by atoms with van der Waals surface area (Å²) in [5.74, 6) is -2.04. The number of carboxylic acid groups (broad SMARTS) is 1. The summed E-state index contributed by atoms with van der Waals surface area (Å²) in [6.45, 7) is 2.40. The Morgan fingerprint density at radius 3 is 2.42 bits per heavy atom. The molecule has 0 spiro atoms. The summed E-state index contributed by atoms with van der Waals surface area (Å²) in [7, 11) is -3.95. The number of rotatable bonds is 8. The molecule has 1 aromatic carbocycles. The van der Waals surface area contributed by atoms with Crippen LogP contribution in [-0.4, -0.2) is 48.8 Å². The predicted octanol–water partition coefficient (Wildman–Crippen LogP) is 1.73. The third-order valence-corrected chi connectivity index (χ3v) is 5.84. The second-order valence-electron chi connectivity index (χ2n) is 5.11. The van der Waals surface area contributed by atoms with Gasteiger partial charge in [-0.05, 0) is 24.6 Å². The van der Waals surface area contributed by atoms with Crippen molar-refractivity contribution in [3.63, 3.8) is 0 Å². The zero-order valence-electron chi connectivity index (χ0n) is 13.1. The highest BCUT2D eigenvalue weighted by molar-refractivity contribution is 7.88. The Balaban J connectivity index is 3.01. The van der Waals surface area contributed by atoms with Crippen LogP contribution < -0.4 is 5.32 Å². The first-order valence-corrected chi connectivity index (χ1v) is 9.32. The smallest absolute Gasteiger partial charge is 0.321 e. The predicted molar refractivity (Wildman–Crippen MR) is 91.6 cm³/mol. The summed E-state index contributed by atoms with van der Waals surface area (Å²) in [5, 5.41) is 12.1. The van der Waals surface area contributed by atoms with Crippen molar-refractivity contribution in [2.45, 2.75) is 25.6 Å². The molecule has 24 heavy (non-hydrogen) atoms. The number of carbonyl (C=O) groups excluding carboxylic acids is 1. The summed E-state index contributed by atoms with van der Waals surface area (Å²) in [4.78, 5) is 22.1. The van der Waals surface area contributed by atoms with Gasteiger partial charge < -0.3 is 10.4 Å². The highest BCUT2D eigenvalue weighted by Gasteiger charge is 2.31. The maximum atomic E-state index is 12.6. The number of amides is 1. The van der Waals surface area contributed by atoms with Crippen molar-refractivity contribution in [1.29, 1.82) is 0 Å². The van der Waals surface area contributed by atoms with E-state index in [0.29, 0.717) is 10.6 Å². The molecule has 134 valence electrons. The van der Waals surface area contributed by atoms with Gasteiger partial charge in [0.2, 0.25) is 15.9 Å². The molecule has 1 rings (SSSR count). The van der Waals surface area contributed by atoms with Gasteiger partial charge in [-0.15, -0.1) is 0 Å². The molecule has 0 aliphatic heterocycles. The van der Waals surface area contributed by atoms with Gasteiger partial charge in [0.1, 0.15) is 6.04 Å². The number of benzene rings is 1. The normalized spacial score (nSPS) is 12.9. The fourth-order valence-electron chi connectivity index (χ4n) is 1.96. The van der Waals surface area contributed by atoms with Crippen LogP contribution in [0.25, 0.3) is 0 Å². The molecule has 1 unspecified atom stereocenters. The molecule has 0 saturated heterocycles. The Labute approximate surface area is 150 Å². The van der Waals surface area contributed by atoms with E-state index in [1.54, 1.807) is 0 Å². The van der Waals surface area contributed by atoms with Gasteiger partial charge in [-0.2, -0.15) is 4.31 Å². The molecule has 2 N–H and O–H groups in total. The van der Waals surface area contributed by atoms with Crippen molar-refractivity contribution in [1.82, 2.24) is 9.62 Å². The van der Waals surface area contributed by atoms with E-state index >= 15 is 0 Å². The van der Waals surface area contributed by atoms with Gasteiger partial charge in [-0.25, -0.2) is 8.42 Å². The first kappa shape index (κ1) is 20.7. The quantitative estimate of drug-likeness (QED) is 0.696. The van der Waals surface area contributed by atoms with Crippen molar-refractivity contribution in [2.75, 3.05) is 13.1 Å². The highest BCUT2D eigenvalue weighted by atomic mass is 35.5. The van der Waals surface area contributed by atoms with Crippen LogP contribution in [0.4, 0.5) is 0 Å². The molecule has 1 aromatic rings. The van der Waals surface area contributed by atoms with Gasteiger partial charge in [-0.1, -0.05) is 29.3 Å². The summed E-state index contributed by atoms with van der Waals surface area (Å²) < 4.78 is 26.0. The highest BCUT2D eigenvalue weighted by Crippen LogP contribution is 2.24. The average molecular weight is 397 g/mol. The lowest BCUT2D eigenvalue weighted by molar-refractivity contribution is -0.140. The molecule has 0 aliphatic carbocycles. The SMILES string of the molecule is CC(=O)NCCN(C(C)C(=O)O)S(=O)(=O)Cc1ccc(Cl)c(Cl)c1. The Kier molecular flexibility index (Phi) is 7.47. The number of nitrogens with one attached hydrogen (secondary N) is 1. The number of carbonyl (C=O) groups is 2. The molecule has 0 aliphatic rings. The van der Waals surface area contributed by atoms with Crippen LogP contribution in [0.2, 0.25) is 10.0 Å². The lowest BCUT2D eigenvalue weighted by Crippen LogP contribution is -2.47. The number of hydrogen-bond acceptors (Lipinski definition) is 4. The lowest BCUT2D eigenvalue weighted by atomic mass is 10.2. The third kappa shape index (κ3) is 5.94. The topological polar surface area (TPSA) is 104 Å². The molecule has 0 heterocycles. The van der Waals surface area contributed by atoms with Crippen LogP contribution in [0, 0.1) is 0 Å². The van der Waals surface area contributed by atoms with Gasteiger partial charge in [0, 0.05) is 20.0 Å². The summed E-state index contributed by atoms with van der Waals surface area (Å²) in [5.41, 5.74) is 0.381. The molecule has 0 fully saturated rings. The van der Waals surface area contributed by atoms with Crippen molar-refractivity contribution in [3.05, 3.63) is 33.8 Å². The lowest BCUT2D eigenvalue weighted by Gasteiger charge is -2.26. The Bertz CT molecular complexity index is 724. The van der Waals surface area contributed by atoms with Crippen molar-refractivity contribution < 1.29 is 23.1 Å². The van der Waals surface area contributed by atoms with E-state index in [1.807, 2.05) is 0 Å². The number of hydrogen-bond donors (Lipinski definition) is 2. The molecule has 1 atom stereocenters. The number of aliphatic carboxylic acids is 1. The van der Waals surface area contributed by atoms with Gasteiger partial charge in [0.25, 0.3) is 0 Å². The van der Waals surface area contributed by atoms with Crippen molar-refractivity contribution in [2.24, 2.45) is 0 Å². The maximum Gasteiger partial charge on any atom is 0.321 e. The van der Waals surface area contributed by atoms with E-state index in [-0.39, 0.29) is 24.0 Å². The molecular weight excluding hydrogens is 379 g/mol. The number of halogens is 2. The van der Waals surface area contributed by atoms with Crippen LogP contribution in [0.5, 0.6) is 0 Å². The summed E-state index contributed by atoms with van der Waals surface area (Å²) >= 11 is 11.7. The van der Waals surface area contributed by atoms with E-state index in [4.69, 9.17) is 28.3 Å². The Hall–Kier alpha value is -1.35. The first-order chi connectivity index (χ1) is 11.0. The van der Waals surface area contributed by atoms with E-state index in [0.717, 1.165) is 4.31 Å². The molecule has 0 radical (unpaired) electrons. The Morgan fingerprint density at radius 2 is 1.92 bits per heavy atom. The van der Waals surface area contributed by atoms with E-state index in [1.165, 1.54) is 32.0 Å². The largest absolute Gasteiger partial charge is 0.480 e. The number of carboxylic acids is 1. The van der Waals surface area contributed by atoms with Crippen LogP contribution in [0.1, 0.15) is 19.4 Å². The van der Waals surface area contributed by atoms with Crippen molar-refractivity contribution in [3.8, 4) is 0 Å². The van der Waals surface area contributed by atoms with Crippen LogP contribution in [0.3, 0.4) is 0 Å². The monoisotopic (exact) mass is 396 g/mol. The van der Waals surface area contributed by atoms with E-state index < -0.39 is 27.8 Å². The average Bonchev–Trinajstić information content (AvgIpc) is 2.46. The van der Waals surface area contributed by atoms with E-state index in [9.17, 15) is 18.0 Å². The van der Waals surface area contributed by atoms with Crippen LogP contribution in [-0.2, 0) is 25.4 Å². The minimum absolute atomic E-state index is 0.00750. The minimum Gasteiger partial charge on any atom is -0.480 e. The first-order valence-electron chi connectivity index (χ1n) is 6.95. The number of nitrogens with zero attached hydrogens (tertiary/aromatic N) is 1. The van der Waals surface area contributed by atoms with Gasteiger partial charge in [0.05, 0.1) is 15.8 Å². The second kappa shape index (κ2) is 8.66. The van der Waals surface area contributed by atoms with Gasteiger partial charge in [0.15, 0.2) is 0 Å². The zero-order chi connectivity index (χ0) is 18.5. The number of sulfonamides is 1. The van der Waals surface area contributed by atoms with E-state index in [2.05, 4.69) is 5.32 Å². The molecule has 0 aromatic heterocycles. The fourth-order valence-corrected chi connectivity index (χ4v) is 3.99. The molecular formula is C14H18Cl2N2O5S. The standard InChI is InChI=1S/C14H18Cl2N2O5S/c1-9(14(20)21)18(6-5-17-10(2)19)24(22,23)8-11-3-4-12(15)13(16)7-11/h3-4,7,9H,5-6,8H2,1-2H3,(H,17,19)(H,20,21). The maximum absolute atomic E-state index is 12.6. The minimum atomic E-state index is -3.95. The van der Waals surface area contributed by atoms with Crippen LogP contribution in [0.15, 0.2) is 18.2 Å². The fraction of sp³-hybridized carbons (Fsp3) is 0.429. The zero-order valence-corrected chi connectivity index (χ0v) is 15.5. The van der Waals surface area contributed by atoms with Crippen molar-refractivity contribution >= 4 is 45.1 Å². The summed E-state index contributed by atoms with van der Waals surface area (Å²) in [6.07, 6.45) is 0. The summed E-state index contributed by atoms with van der Waals surface area (Å²) in [6, 6.07) is 3.12. The van der Waals surface area contributed by atoms with Gasteiger partial charge >= 0.3 is 5.97 Å². The molecule has 0 bridgehead atoms. The molecule has 7 nitrogen and oxygen atoms in total. The van der Waals surface area contributed by atoms with Gasteiger partial charge in [-0.3, -0.25) is 9.59 Å². The molecule has 0 saturated carbocycles.